The Hall–Kier alpha value is -2.33. The van der Waals surface area contributed by atoms with Crippen LogP contribution in [0.3, 0.4) is 0 Å². The summed E-state index contributed by atoms with van der Waals surface area (Å²) in [5.74, 6) is -0.458. The lowest BCUT2D eigenvalue weighted by molar-refractivity contribution is 0.0967. The number of rotatable bonds is 2. The van der Waals surface area contributed by atoms with Gasteiger partial charge in [0.25, 0.3) is 5.91 Å². The minimum atomic E-state index is -0.601. The number of imide groups is 1. The van der Waals surface area contributed by atoms with E-state index in [0.717, 1.165) is 0 Å². The molecule has 3 amide bonds. The van der Waals surface area contributed by atoms with Crippen molar-refractivity contribution in [2.45, 2.75) is 0 Å². The summed E-state index contributed by atoms with van der Waals surface area (Å²) in [4.78, 5) is 23.3. The smallest absolute Gasteiger partial charge is 0.308 e. The SMILES string of the molecule is O=C(NC(=O)c1ccccc1)Nc1cccc(Cl)c1. The molecule has 0 aliphatic carbocycles. The number of hydrogen-bond donors (Lipinski definition) is 2. The van der Waals surface area contributed by atoms with Gasteiger partial charge in [0.1, 0.15) is 0 Å². The summed E-state index contributed by atoms with van der Waals surface area (Å²) in [5, 5.41) is 5.27. The van der Waals surface area contributed by atoms with E-state index in [0.29, 0.717) is 16.3 Å². The van der Waals surface area contributed by atoms with Crippen LogP contribution in [0.5, 0.6) is 0 Å². The second-order valence-corrected chi connectivity index (χ2v) is 4.22. The zero-order valence-corrected chi connectivity index (χ0v) is 10.6. The highest BCUT2D eigenvalue weighted by Crippen LogP contribution is 2.14. The number of urea groups is 1. The molecule has 0 unspecified atom stereocenters. The average molecular weight is 275 g/mol. The third-order valence-electron chi connectivity index (χ3n) is 2.35. The molecule has 0 aromatic heterocycles. The highest BCUT2D eigenvalue weighted by molar-refractivity contribution is 6.30. The lowest BCUT2D eigenvalue weighted by atomic mass is 10.2. The van der Waals surface area contributed by atoms with Crippen molar-refractivity contribution in [2.75, 3.05) is 5.32 Å². The van der Waals surface area contributed by atoms with E-state index >= 15 is 0 Å². The second-order valence-electron chi connectivity index (χ2n) is 3.78. The molecular formula is C14H11ClN2O2. The monoisotopic (exact) mass is 274 g/mol. The zero-order chi connectivity index (χ0) is 13.7. The largest absolute Gasteiger partial charge is 0.326 e. The maximum Gasteiger partial charge on any atom is 0.326 e. The van der Waals surface area contributed by atoms with Crippen molar-refractivity contribution in [3.8, 4) is 0 Å². The van der Waals surface area contributed by atoms with Gasteiger partial charge in [0.05, 0.1) is 0 Å². The van der Waals surface area contributed by atoms with Gasteiger partial charge in [0, 0.05) is 16.3 Å². The summed E-state index contributed by atoms with van der Waals surface area (Å²) in [5.41, 5.74) is 0.939. The molecule has 0 saturated heterocycles. The molecule has 2 aromatic rings. The Morgan fingerprint density at radius 1 is 0.947 bits per heavy atom. The van der Waals surface area contributed by atoms with Gasteiger partial charge in [-0.1, -0.05) is 35.9 Å². The molecule has 0 atom stereocenters. The van der Waals surface area contributed by atoms with Crippen LogP contribution in [0, 0.1) is 0 Å². The number of nitrogens with one attached hydrogen (secondary N) is 2. The van der Waals surface area contributed by atoms with E-state index in [-0.39, 0.29) is 0 Å². The van der Waals surface area contributed by atoms with E-state index in [1.807, 2.05) is 0 Å². The average Bonchev–Trinajstić information content (AvgIpc) is 2.39. The number of halogens is 1. The molecule has 2 aromatic carbocycles. The van der Waals surface area contributed by atoms with Crippen LogP contribution in [0.15, 0.2) is 54.6 Å². The van der Waals surface area contributed by atoms with Gasteiger partial charge >= 0.3 is 6.03 Å². The van der Waals surface area contributed by atoms with Gasteiger partial charge in [0.2, 0.25) is 0 Å². The van der Waals surface area contributed by atoms with Crippen LogP contribution in [0.25, 0.3) is 0 Å². The summed E-state index contributed by atoms with van der Waals surface area (Å²) >= 11 is 5.79. The fraction of sp³-hybridized carbons (Fsp3) is 0. The van der Waals surface area contributed by atoms with Gasteiger partial charge in [-0.25, -0.2) is 4.79 Å². The molecular weight excluding hydrogens is 264 g/mol. The van der Waals surface area contributed by atoms with E-state index in [1.165, 1.54) is 0 Å². The van der Waals surface area contributed by atoms with Crippen molar-refractivity contribution < 1.29 is 9.59 Å². The maximum atomic E-state index is 11.7. The first-order valence-corrected chi connectivity index (χ1v) is 5.96. The minimum Gasteiger partial charge on any atom is -0.308 e. The molecule has 0 saturated carbocycles. The minimum absolute atomic E-state index is 0.420. The fourth-order valence-corrected chi connectivity index (χ4v) is 1.68. The van der Waals surface area contributed by atoms with Crippen LogP contribution >= 0.6 is 11.6 Å². The number of benzene rings is 2. The van der Waals surface area contributed by atoms with Crippen LogP contribution in [0.1, 0.15) is 10.4 Å². The van der Waals surface area contributed by atoms with Crippen LogP contribution in [-0.2, 0) is 0 Å². The Labute approximate surface area is 115 Å². The van der Waals surface area contributed by atoms with Crippen LogP contribution < -0.4 is 10.6 Å². The Kier molecular flexibility index (Phi) is 4.15. The Bertz CT molecular complexity index is 599. The van der Waals surface area contributed by atoms with Gasteiger partial charge in [-0.2, -0.15) is 0 Å². The van der Waals surface area contributed by atoms with Crippen molar-refractivity contribution in [3.63, 3.8) is 0 Å². The summed E-state index contributed by atoms with van der Waals surface area (Å²) in [6, 6.07) is 14.6. The molecule has 96 valence electrons. The van der Waals surface area contributed by atoms with Crippen molar-refractivity contribution in [1.82, 2.24) is 5.32 Å². The van der Waals surface area contributed by atoms with E-state index in [4.69, 9.17) is 11.6 Å². The topological polar surface area (TPSA) is 58.2 Å². The Morgan fingerprint density at radius 2 is 1.68 bits per heavy atom. The standard InChI is InChI=1S/C14H11ClN2O2/c15-11-7-4-8-12(9-11)16-14(19)17-13(18)10-5-2-1-3-6-10/h1-9H,(H2,16,17,18,19). The quantitative estimate of drug-likeness (QED) is 0.883. The number of carbonyl (C=O) groups is 2. The summed E-state index contributed by atoms with van der Waals surface area (Å²) in [6.45, 7) is 0. The highest BCUT2D eigenvalue weighted by atomic mass is 35.5. The molecule has 0 spiro atoms. The second kappa shape index (κ2) is 6.02. The first-order valence-electron chi connectivity index (χ1n) is 5.58. The van der Waals surface area contributed by atoms with Crippen molar-refractivity contribution in [3.05, 3.63) is 65.2 Å². The molecule has 19 heavy (non-hydrogen) atoms. The molecule has 0 fully saturated rings. The fourth-order valence-electron chi connectivity index (χ4n) is 1.49. The summed E-state index contributed by atoms with van der Waals surface area (Å²) in [6.07, 6.45) is 0. The molecule has 0 radical (unpaired) electrons. The molecule has 0 bridgehead atoms. The maximum absolute atomic E-state index is 11.7. The van der Waals surface area contributed by atoms with Crippen LogP contribution in [0.2, 0.25) is 5.02 Å². The summed E-state index contributed by atoms with van der Waals surface area (Å²) < 4.78 is 0. The van der Waals surface area contributed by atoms with Gasteiger partial charge in [-0.3, -0.25) is 10.1 Å². The number of carbonyl (C=O) groups excluding carboxylic acids is 2. The van der Waals surface area contributed by atoms with Gasteiger partial charge < -0.3 is 5.32 Å². The van der Waals surface area contributed by atoms with Gasteiger partial charge in [0.15, 0.2) is 0 Å². The van der Waals surface area contributed by atoms with E-state index < -0.39 is 11.9 Å². The lowest BCUT2D eigenvalue weighted by Gasteiger charge is -2.06. The zero-order valence-electron chi connectivity index (χ0n) is 9.89. The van der Waals surface area contributed by atoms with Gasteiger partial charge in [-0.05, 0) is 30.3 Å². The molecule has 0 heterocycles. The number of amides is 3. The molecule has 4 nitrogen and oxygen atoms in total. The number of anilines is 1. The summed E-state index contributed by atoms with van der Waals surface area (Å²) in [7, 11) is 0. The molecule has 2 rings (SSSR count). The van der Waals surface area contributed by atoms with Crippen LogP contribution in [0.4, 0.5) is 10.5 Å². The lowest BCUT2D eigenvalue weighted by Crippen LogP contribution is -2.34. The normalized spacial score (nSPS) is 9.74. The first-order chi connectivity index (χ1) is 9.15. The van der Waals surface area contributed by atoms with Crippen molar-refractivity contribution in [1.29, 1.82) is 0 Å². The molecule has 5 heteroatoms. The molecule has 0 aliphatic rings. The first kappa shape index (κ1) is 13.1. The predicted octanol–water partition coefficient (Wildman–Crippen LogP) is 3.30. The predicted molar refractivity (Wildman–Crippen MR) is 74.4 cm³/mol. The van der Waals surface area contributed by atoms with Crippen LogP contribution in [-0.4, -0.2) is 11.9 Å². The Balaban J connectivity index is 1.97. The number of hydrogen-bond acceptors (Lipinski definition) is 2. The molecule has 2 N–H and O–H groups in total. The van der Waals surface area contributed by atoms with Gasteiger partial charge in [-0.15, -0.1) is 0 Å². The third kappa shape index (κ3) is 3.82. The van der Waals surface area contributed by atoms with E-state index in [1.54, 1.807) is 54.6 Å². The highest BCUT2D eigenvalue weighted by Gasteiger charge is 2.09. The van der Waals surface area contributed by atoms with Crippen molar-refractivity contribution in [2.24, 2.45) is 0 Å². The molecule has 0 aliphatic heterocycles. The van der Waals surface area contributed by atoms with E-state index in [2.05, 4.69) is 10.6 Å². The third-order valence-corrected chi connectivity index (χ3v) is 2.58. The van der Waals surface area contributed by atoms with Crippen molar-refractivity contribution >= 4 is 29.2 Å². The van der Waals surface area contributed by atoms with E-state index in [9.17, 15) is 9.59 Å². The Morgan fingerprint density at radius 3 is 2.37 bits per heavy atom.